The molecule has 5 nitrogen and oxygen atoms in total. The van der Waals surface area contributed by atoms with Crippen molar-refractivity contribution in [1.29, 1.82) is 0 Å². The highest BCUT2D eigenvalue weighted by atomic mass is 35.5. The third-order valence-corrected chi connectivity index (χ3v) is 4.32. The molecule has 3 rings (SSSR count). The minimum atomic E-state index is -0.531. The number of benzene rings is 1. The van der Waals surface area contributed by atoms with Crippen LogP contribution in [0.1, 0.15) is 16.8 Å². The second-order valence-corrected chi connectivity index (χ2v) is 5.82. The first-order valence-corrected chi connectivity index (χ1v) is 7.52. The average Bonchev–Trinajstić information content (AvgIpc) is 3.13. The van der Waals surface area contributed by atoms with E-state index in [0.717, 1.165) is 0 Å². The van der Waals surface area contributed by atoms with Gasteiger partial charge in [0.05, 0.1) is 15.6 Å². The summed E-state index contributed by atoms with van der Waals surface area (Å²) in [5.41, 5.74) is 1.18. The molecule has 0 spiro atoms. The van der Waals surface area contributed by atoms with Gasteiger partial charge in [0.2, 0.25) is 5.91 Å². The molecule has 1 aromatic heterocycles. The van der Waals surface area contributed by atoms with Gasteiger partial charge in [-0.25, -0.2) is 0 Å². The van der Waals surface area contributed by atoms with Crippen LogP contribution in [0.15, 0.2) is 36.7 Å². The molecule has 1 aliphatic rings. The van der Waals surface area contributed by atoms with Gasteiger partial charge in [-0.05, 0) is 30.7 Å². The number of amides is 2. The molecule has 22 heavy (non-hydrogen) atoms. The number of anilines is 1. The number of halogens is 2. The van der Waals surface area contributed by atoms with E-state index in [9.17, 15) is 9.59 Å². The minimum absolute atomic E-state index is 0.151. The van der Waals surface area contributed by atoms with Gasteiger partial charge in [0.1, 0.15) is 6.04 Å². The van der Waals surface area contributed by atoms with Crippen molar-refractivity contribution in [3.05, 3.63) is 52.3 Å². The van der Waals surface area contributed by atoms with Gasteiger partial charge in [0, 0.05) is 24.6 Å². The van der Waals surface area contributed by atoms with Crippen LogP contribution in [0.3, 0.4) is 0 Å². The number of rotatable bonds is 3. The summed E-state index contributed by atoms with van der Waals surface area (Å²) in [5.74, 6) is -0.419. The van der Waals surface area contributed by atoms with Crippen LogP contribution in [-0.2, 0) is 4.79 Å². The van der Waals surface area contributed by atoms with E-state index in [0.29, 0.717) is 34.3 Å². The maximum Gasteiger partial charge on any atom is 0.253 e. The van der Waals surface area contributed by atoms with E-state index < -0.39 is 6.04 Å². The summed E-state index contributed by atoms with van der Waals surface area (Å²) in [6.07, 6.45) is 3.80. The average molecular weight is 338 g/mol. The van der Waals surface area contributed by atoms with Crippen molar-refractivity contribution in [3.8, 4) is 0 Å². The highest BCUT2D eigenvalue weighted by Gasteiger charge is 2.34. The normalized spacial score (nSPS) is 17.8. The van der Waals surface area contributed by atoms with Crippen molar-refractivity contribution < 1.29 is 9.59 Å². The molecular weight excluding hydrogens is 325 g/mol. The highest BCUT2D eigenvalue weighted by molar-refractivity contribution is 6.42. The molecule has 0 unspecified atom stereocenters. The summed E-state index contributed by atoms with van der Waals surface area (Å²) < 4.78 is 0. The van der Waals surface area contributed by atoms with Crippen molar-refractivity contribution in [2.75, 3.05) is 11.4 Å². The van der Waals surface area contributed by atoms with Crippen LogP contribution in [0.4, 0.5) is 5.69 Å². The second-order valence-electron chi connectivity index (χ2n) is 5.00. The van der Waals surface area contributed by atoms with Gasteiger partial charge in [0.15, 0.2) is 0 Å². The topological polar surface area (TPSA) is 65.2 Å². The summed E-state index contributed by atoms with van der Waals surface area (Å²) in [7, 11) is 0. The Balaban J connectivity index is 1.72. The van der Waals surface area contributed by atoms with Crippen LogP contribution < -0.4 is 10.2 Å². The molecule has 2 aromatic rings. The van der Waals surface area contributed by atoms with Gasteiger partial charge in [-0.2, -0.15) is 0 Å². The number of hydrogen-bond donors (Lipinski definition) is 2. The van der Waals surface area contributed by atoms with Crippen molar-refractivity contribution in [3.63, 3.8) is 0 Å². The third-order valence-electron chi connectivity index (χ3n) is 3.59. The van der Waals surface area contributed by atoms with Crippen LogP contribution >= 0.6 is 23.2 Å². The zero-order valence-corrected chi connectivity index (χ0v) is 13.0. The van der Waals surface area contributed by atoms with E-state index in [2.05, 4.69) is 10.3 Å². The van der Waals surface area contributed by atoms with E-state index in [4.69, 9.17) is 23.2 Å². The molecular formula is C15H13Cl2N3O2. The van der Waals surface area contributed by atoms with Gasteiger partial charge < -0.3 is 15.2 Å². The molecule has 1 fully saturated rings. The zero-order valence-electron chi connectivity index (χ0n) is 11.5. The lowest BCUT2D eigenvalue weighted by molar-refractivity contribution is -0.118. The number of hydrogen-bond acceptors (Lipinski definition) is 2. The summed E-state index contributed by atoms with van der Waals surface area (Å²) in [5, 5.41) is 3.58. The number of nitrogens with zero attached hydrogens (tertiary/aromatic N) is 1. The SMILES string of the molecule is O=C(N[C@@H]1CCN(c2ccc(Cl)c(Cl)c2)C1=O)c1cc[nH]c1. The van der Waals surface area contributed by atoms with Gasteiger partial charge in [-0.15, -0.1) is 0 Å². The van der Waals surface area contributed by atoms with Gasteiger partial charge in [-0.3, -0.25) is 9.59 Å². The first-order valence-electron chi connectivity index (χ1n) is 6.76. The minimum Gasteiger partial charge on any atom is -0.367 e. The Labute approximate surface area is 137 Å². The fraction of sp³-hybridized carbons (Fsp3) is 0.200. The molecule has 0 aliphatic carbocycles. The first-order chi connectivity index (χ1) is 10.6. The maximum atomic E-state index is 12.4. The Kier molecular flexibility index (Phi) is 4.09. The summed E-state index contributed by atoms with van der Waals surface area (Å²) >= 11 is 11.9. The van der Waals surface area contributed by atoms with E-state index in [1.807, 2.05) is 0 Å². The lowest BCUT2D eigenvalue weighted by Crippen LogP contribution is -2.41. The molecule has 0 saturated carbocycles. The van der Waals surface area contributed by atoms with Gasteiger partial charge in [-0.1, -0.05) is 23.2 Å². The molecule has 1 atom stereocenters. The lowest BCUT2D eigenvalue weighted by Gasteiger charge is -2.17. The fourth-order valence-corrected chi connectivity index (χ4v) is 2.72. The second kappa shape index (κ2) is 6.02. The molecule has 0 bridgehead atoms. The monoisotopic (exact) mass is 337 g/mol. The summed E-state index contributed by atoms with van der Waals surface area (Å²) in [6, 6.07) is 6.17. The Bertz CT molecular complexity index is 716. The van der Waals surface area contributed by atoms with E-state index in [-0.39, 0.29) is 11.8 Å². The third kappa shape index (κ3) is 2.82. The van der Waals surface area contributed by atoms with Crippen molar-refractivity contribution in [2.45, 2.75) is 12.5 Å². The Morgan fingerprint density at radius 2 is 2.09 bits per heavy atom. The number of H-pyrrole nitrogens is 1. The Hall–Kier alpha value is -1.98. The number of carbonyl (C=O) groups excluding carboxylic acids is 2. The predicted octanol–water partition coefficient (Wildman–Crippen LogP) is 2.86. The molecule has 7 heteroatoms. The lowest BCUT2D eigenvalue weighted by atomic mass is 10.2. The van der Waals surface area contributed by atoms with Gasteiger partial charge >= 0.3 is 0 Å². The highest BCUT2D eigenvalue weighted by Crippen LogP contribution is 2.29. The molecule has 2 heterocycles. The van der Waals surface area contributed by atoms with Crippen LogP contribution in [0, 0.1) is 0 Å². The quantitative estimate of drug-likeness (QED) is 0.904. The van der Waals surface area contributed by atoms with Crippen molar-refractivity contribution >= 4 is 40.7 Å². The number of nitrogens with one attached hydrogen (secondary N) is 2. The molecule has 0 radical (unpaired) electrons. The number of carbonyl (C=O) groups is 2. The molecule has 114 valence electrons. The van der Waals surface area contributed by atoms with Crippen molar-refractivity contribution in [1.82, 2.24) is 10.3 Å². The number of aromatic nitrogens is 1. The molecule has 1 saturated heterocycles. The van der Waals surface area contributed by atoms with E-state index in [1.54, 1.807) is 41.6 Å². The Morgan fingerprint density at radius 3 is 2.77 bits per heavy atom. The van der Waals surface area contributed by atoms with Crippen molar-refractivity contribution in [2.24, 2.45) is 0 Å². The van der Waals surface area contributed by atoms with Crippen LogP contribution in [0.25, 0.3) is 0 Å². The molecule has 2 N–H and O–H groups in total. The largest absolute Gasteiger partial charge is 0.367 e. The first kappa shape index (κ1) is 14.9. The maximum absolute atomic E-state index is 12.4. The Morgan fingerprint density at radius 1 is 1.27 bits per heavy atom. The summed E-state index contributed by atoms with van der Waals surface area (Å²) in [4.78, 5) is 28.9. The predicted molar refractivity (Wildman–Crippen MR) is 85.5 cm³/mol. The molecule has 1 aromatic carbocycles. The van der Waals surface area contributed by atoms with Gasteiger partial charge in [0.25, 0.3) is 5.91 Å². The standard InChI is InChI=1S/C15H13Cl2N3O2/c16-11-2-1-10(7-12(11)17)20-6-4-13(15(20)22)19-14(21)9-3-5-18-8-9/h1-3,5,7-8,13,18H,4,6H2,(H,19,21)/t13-/m1/s1. The fourth-order valence-electron chi connectivity index (χ4n) is 2.43. The van der Waals surface area contributed by atoms with E-state index >= 15 is 0 Å². The molecule has 1 aliphatic heterocycles. The van der Waals surface area contributed by atoms with E-state index in [1.165, 1.54) is 0 Å². The smallest absolute Gasteiger partial charge is 0.253 e. The summed E-state index contributed by atoms with van der Waals surface area (Å²) in [6.45, 7) is 0.523. The molecule has 2 amide bonds. The van der Waals surface area contributed by atoms with Crippen LogP contribution in [-0.4, -0.2) is 29.4 Å². The zero-order chi connectivity index (χ0) is 15.7. The van der Waals surface area contributed by atoms with Crippen LogP contribution in [0.5, 0.6) is 0 Å². The van der Waals surface area contributed by atoms with Crippen LogP contribution in [0.2, 0.25) is 10.0 Å². The number of aromatic amines is 1.